The molecule has 0 aromatic carbocycles. The molecule has 0 aromatic heterocycles. The molecular weight excluding hydrogens is 190 g/mol. The van der Waals surface area contributed by atoms with Gasteiger partial charge in [0, 0.05) is 19.6 Å². The van der Waals surface area contributed by atoms with Crippen LogP contribution in [0.5, 0.6) is 0 Å². The quantitative estimate of drug-likeness (QED) is 0.771. The third-order valence-electron chi connectivity index (χ3n) is 3.63. The highest BCUT2D eigenvalue weighted by Crippen LogP contribution is 2.43. The van der Waals surface area contributed by atoms with Gasteiger partial charge in [-0.1, -0.05) is 0 Å². The second-order valence-corrected chi connectivity index (χ2v) is 5.00. The molecule has 1 heterocycles. The van der Waals surface area contributed by atoms with Crippen molar-refractivity contribution in [2.45, 2.75) is 56.8 Å². The van der Waals surface area contributed by atoms with Crippen LogP contribution < -0.4 is 5.32 Å². The van der Waals surface area contributed by atoms with Crippen molar-refractivity contribution in [1.29, 1.82) is 0 Å². The summed E-state index contributed by atoms with van der Waals surface area (Å²) in [6.45, 7) is 3.96. The Hall–Kier alpha value is -0.120. The van der Waals surface area contributed by atoms with Gasteiger partial charge in [0.25, 0.3) is 0 Å². The fourth-order valence-electron chi connectivity index (χ4n) is 2.68. The van der Waals surface area contributed by atoms with Crippen molar-refractivity contribution in [3.63, 3.8) is 0 Å². The standard InChI is InChI=1S/C12H23NO2/c1-10(9-13-2)15-11-4-7-14-12(8-11)5-3-6-12/h10-11,13H,3-9H2,1-2H3. The minimum absolute atomic E-state index is 0.211. The van der Waals surface area contributed by atoms with Crippen molar-refractivity contribution in [3.05, 3.63) is 0 Å². The first-order valence-electron chi connectivity index (χ1n) is 6.18. The van der Waals surface area contributed by atoms with E-state index in [1.165, 1.54) is 19.3 Å². The molecule has 0 aromatic rings. The monoisotopic (exact) mass is 213 g/mol. The fourth-order valence-corrected chi connectivity index (χ4v) is 2.68. The Bertz CT molecular complexity index is 204. The molecule has 2 fully saturated rings. The molecule has 3 nitrogen and oxygen atoms in total. The lowest BCUT2D eigenvalue weighted by Crippen LogP contribution is -2.48. The summed E-state index contributed by atoms with van der Waals surface area (Å²) in [7, 11) is 1.97. The maximum atomic E-state index is 6.02. The zero-order valence-electron chi connectivity index (χ0n) is 9.92. The van der Waals surface area contributed by atoms with E-state index < -0.39 is 0 Å². The van der Waals surface area contributed by atoms with Crippen LogP contribution >= 0.6 is 0 Å². The van der Waals surface area contributed by atoms with Crippen molar-refractivity contribution in [2.24, 2.45) is 0 Å². The van der Waals surface area contributed by atoms with Crippen LogP contribution in [0.4, 0.5) is 0 Å². The Morgan fingerprint density at radius 2 is 2.33 bits per heavy atom. The van der Waals surface area contributed by atoms with Gasteiger partial charge >= 0.3 is 0 Å². The minimum Gasteiger partial charge on any atom is -0.375 e. The van der Waals surface area contributed by atoms with Crippen LogP contribution in [0.15, 0.2) is 0 Å². The van der Waals surface area contributed by atoms with Crippen LogP contribution in [-0.4, -0.2) is 38.0 Å². The van der Waals surface area contributed by atoms with Gasteiger partial charge in [0.05, 0.1) is 17.8 Å². The summed E-state index contributed by atoms with van der Waals surface area (Å²) in [6, 6.07) is 0. The number of likely N-dealkylation sites (N-methyl/N-ethyl adjacent to an activating group) is 1. The third kappa shape index (κ3) is 2.71. The van der Waals surface area contributed by atoms with Gasteiger partial charge in [-0.25, -0.2) is 0 Å². The minimum atomic E-state index is 0.211. The van der Waals surface area contributed by atoms with Crippen LogP contribution in [0, 0.1) is 0 Å². The summed E-state index contributed by atoms with van der Waals surface area (Å²) in [4.78, 5) is 0. The highest BCUT2D eigenvalue weighted by atomic mass is 16.5. The van der Waals surface area contributed by atoms with Crippen LogP contribution in [0.25, 0.3) is 0 Å². The maximum absolute atomic E-state index is 6.02. The number of hydrogen-bond donors (Lipinski definition) is 1. The van der Waals surface area contributed by atoms with Gasteiger partial charge in [-0.15, -0.1) is 0 Å². The average Bonchev–Trinajstić information content (AvgIpc) is 2.16. The van der Waals surface area contributed by atoms with Gasteiger partial charge in [-0.05, 0) is 39.7 Å². The normalized spacial score (nSPS) is 31.2. The molecule has 1 saturated heterocycles. The van der Waals surface area contributed by atoms with Crippen molar-refractivity contribution in [2.75, 3.05) is 20.2 Å². The van der Waals surface area contributed by atoms with Crippen LogP contribution in [0.3, 0.4) is 0 Å². The first-order chi connectivity index (χ1) is 7.24. The summed E-state index contributed by atoms with van der Waals surface area (Å²) in [5.74, 6) is 0. The molecule has 15 heavy (non-hydrogen) atoms. The van der Waals surface area contributed by atoms with Crippen LogP contribution in [-0.2, 0) is 9.47 Å². The first-order valence-corrected chi connectivity index (χ1v) is 6.18. The third-order valence-corrected chi connectivity index (χ3v) is 3.63. The van der Waals surface area contributed by atoms with Crippen molar-refractivity contribution in [1.82, 2.24) is 5.32 Å². The van der Waals surface area contributed by atoms with Crippen LogP contribution in [0.1, 0.15) is 39.0 Å². The second kappa shape index (κ2) is 4.81. The summed E-state index contributed by atoms with van der Waals surface area (Å²) < 4.78 is 11.9. The van der Waals surface area contributed by atoms with Gasteiger partial charge in [0.1, 0.15) is 0 Å². The van der Waals surface area contributed by atoms with Crippen molar-refractivity contribution < 1.29 is 9.47 Å². The molecule has 1 N–H and O–H groups in total. The van der Waals surface area contributed by atoms with Crippen molar-refractivity contribution >= 4 is 0 Å². The number of rotatable bonds is 4. The van der Waals surface area contributed by atoms with Gasteiger partial charge in [0.15, 0.2) is 0 Å². The maximum Gasteiger partial charge on any atom is 0.0707 e. The predicted molar refractivity (Wildman–Crippen MR) is 60.0 cm³/mol. The molecule has 88 valence electrons. The molecule has 1 aliphatic carbocycles. The van der Waals surface area contributed by atoms with E-state index in [9.17, 15) is 0 Å². The number of ether oxygens (including phenoxy) is 2. The van der Waals surface area contributed by atoms with Gasteiger partial charge < -0.3 is 14.8 Å². The highest BCUT2D eigenvalue weighted by molar-refractivity contribution is 4.94. The molecule has 1 saturated carbocycles. The Morgan fingerprint density at radius 3 is 2.93 bits per heavy atom. The largest absolute Gasteiger partial charge is 0.375 e. The van der Waals surface area contributed by atoms with E-state index in [-0.39, 0.29) is 5.60 Å². The molecule has 2 unspecified atom stereocenters. The average molecular weight is 213 g/mol. The molecule has 1 spiro atoms. The summed E-state index contributed by atoms with van der Waals surface area (Å²) in [6.07, 6.45) is 6.73. The topological polar surface area (TPSA) is 30.5 Å². The van der Waals surface area contributed by atoms with E-state index in [1.807, 2.05) is 7.05 Å². The molecular formula is C12H23NO2. The Kier molecular flexibility index (Phi) is 3.65. The van der Waals surface area contributed by atoms with Gasteiger partial charge in [-0.3, -0.25) is 0 Å². The van der Waals surface area contributed by atoms with Crippen LogP contribution in [0.2, 0.25) is 0 Å². The number of hydrogen-bond acceptors (Lipinski definition) is 3. The molecule has 3 heteroatoms. The smallest absolute Gasteiger partial charge is 0.0707 e. The zero-order valence-corrected chi connectivity index (χ0v) is 9.92. The predicted octanol–water partition coefficient (Wildman–Crippen LogP) is 1.71. The lowest BCUT2D eigenvalue weighted by molar-refractivity contribution is -0.176. The van der Waals surface area contributed by atoms with E-state index in [2.05, 4.69) is 12.2 Å². The fraction of sp³-hybridized carbons (Fsp3) is 1.00. The van der Waals surface area contributed by atoms with E-state index >= 15 is 0 Å². The Balaban J connectivity index is 1.77. The zero-order chi connectivity index (χ0) is 10.7. The molecule has 1 aliphatic heterocycles. The molecule has 2 atom stereocenters. The summed E-state index contributed by atoms with van der Waals surface area (Å²) in [5.41, 5.74) is 0.211. The molecule has 2 rings (SSSR count). The molecule has 0 radical (unpaired) electrons. The Labute approximate surface area is 92.5 Å². The van der Waals surface area contributed by atoms with E-state index in [0.717, 1.165) is 26.0 Å². The highest BCUT2D eigenvalue weighted by Gasteiger charge is 2.43. The van der Waals surface area contributed by atoms with Gasteiger partial charge in [-0.2, -0.15) is 0 Å². The lowest BCUT2D eigenvalue weighted by atomic mass is 9.74. The number of nitrogens with one attached hydrogen (secondary N) is 1. The molecule has 2 aliphatic rings. The van der Waals surface area contributed by atoms with E-state index in [0.29, 0.717) is 12.2 Å². The molecule has 0 amide bonds. The second-order valence-electron chi connectivity index (χ2n) is 5.00. The first kappa shape index (κ1) is 11.4. The molecule has 0 bridgehead atoms. The summed E-state index contributed by atoms with van der Waals surface area (Å²) >= 11 is 0. The van der Waals surface area contributed by atoms with E-state index in [1.54, 1.807) is 0 Å². The Morgan fingerprint density at radius 1 is 1.53 bits per heavy atom. The van der Waals surface area contributed by atoms with Crippen molar-refractivity contribution in [3.8, 4) is 0 Å². The SMILES string of the molecule is CNCC(C)OC1CCOC2(CCC2)C1. The van der Waals surface area contributed by atoms with Gasteiger partial charge in [0.2, 0.25) is 0 Å². The van der Waals surface area contributed by atoms with E-state index in [4.69, 9.17) is 9.47 Å². The lowest BCUT2D eigenvalue weighted by Gasteiger charge is -2.47. The summed E-state index contributed by atoms with van der Waals surface area (Å²) in [5, 5.41) is 3.15.